The zero-order valence-electron chi connectivity index (χ0n) is 12.8. The molecule has 0 bridgehead atoms. The van der Waals surface area contributed by atoms with Gasteiger partial charge in [0, 0.05) is 10.4 Å². The second-order valence-electron chi connectivity index (χ2n) is 5.22. The zero-order chi connectivity index (χ0) is 17.2. The van der Waals surface area contributed by atoms with Crippen LogP contribution in [0.15, 0.2) is 47.8 Å². The fourth-order valence-corrected chi connectivity index (χ4v) is 4.48. The number of thiophene rings is 2. The Hall–Kier alpha value is -2.42. The van der Waals surface area contributed by atoms with Crippen molar-refractivity contribution < 1.29 is 9.59 Å². The summed E-state index contributed by atoms with van der Waals surface area (Å²) in [5, 5.41) is 4.76. The van der Waals surface area contributed by atoms with Crippen molar-refractivity contribution in [2.45, 2.75) is 6.54 Å². The highest BCUT2D eigenvalue weighted by molar-refractivity contribution is 7.16. The summed E-state index contributed by atoms with van der Waals surface area (Å²) < 4.78 is 8.27. The van der Waals surface area contributed by atoms with E-state index in [9.17, 15) is 9.59 Å². The molecule has 0 unspecified atom stereocenters. The molecule has 0 saturated heterocycles. The Bertz CT molecular complexity index is 1050. The lowest BCUT2D eigenvalue weighted by molar-refractivity contribution is 0.0951. The first-order chi connectivity index (χ1) is 12.2. The minimum atomic E-state index is -0.172. The van der Waals surface area contributed by atoms with E-state index in [0.717, 1.165) is 32.5 Å². The normalized spacial score (nSPS) is 10.9. The number of ketones is 1. The van der Waals surface area contributed by atoms with Crippen LogP contribution in [-0.4, -0.2) is 20.4 Å². The van der Waals surface area contributed by atoms with Crippen molar-refractivity contribution in [3.8, 4) is 0 Å². The average Bonchev–Trinajstić information content (AvgIpc) is 3.39. The van der Waals surface area contributed by atoms with Crippen LogP contribution in [0.5, 0.6) is 0 Å². The van der Waals surface area contributed by atoms with Crippen molar-refractivity contribution >= 4 is 57.1 Å². The highest BCUT2D eigenvalue weighted by atomic mass is 32.1. The molecule has 1 N–H and O–H groups in total. The summed E-state index contributed by atoms with van der Waals surface area (Å²) in [6.45, 7) is 0.384. The number of hydrogen-bond donors (Lipinski definition) is 1. The van der Waals surface area contributed by atoms with Crippen LogP contribution in [-0.2, 0) is 6.54 Å². The van der Waals surface area contributed by atoms with E-state index in [2.05, 4.69) is 14.1 Å². The minimum absolute atomic E-state index is 0.0269. The molecule has 3 heterocycles. The number of amides is 1. The molecule has 25 heavy (non-hydrogen) atoms. The Morgan fingerprint density at radius 3 is 2.72 bits per heavy atom. The second kappa shape index (κ2) is 6.83. The van der Waals surface area contributed by atoms with Gasteiger partial charge in [0.2, 0.25) is 5.78 Å². The maximum atomic E-state index is 12.3. The van der Waals surface area contributed by atoms with Gasteiger partial charge in [-0.25, -0.2) is 0 Å². The average molecular weight is 385 g/mol. The van der Waals surface area contributed by atoms with E-state index >= 15 is 0 Å². The lowest BCUT2D eigenvalue weighted by Crippen LogP contribution is -2.22. The molecule has 5 nitrogen and oxygen atoms in total. The van der Waals surface area contributed by atoms with E-state index in [0.29, 0.717) is 17.0 Å². The van der Waals surface area contributed by atoms with E-state index in [1.54, 1.807) is 24.3 Å². The molecule has 124 valence electrons. The van der Waals surface area contributed by atoms with E-state index in [-0.39, 0.29) is 11.7 Å². The summed E-state index contributed by atoms with van der Waals surface area (Å²) in [4.78, 5) is 26.9. The lowest BCUT2D eigenvalue weighted by Gasteiger charge is -2.03. The Morgan fingerprint density at radius 2 is 1.88 bits per heavy atom. The summed E-state index contributed by atoms with van der Waals surface area (Å²) >= 11 is 3.96. The Labute approximate surface area is 155 Å². The number of benzene rings is 1. The fraction of sp³-hybridized carbons (Fsp3) is 0.0588. The molecule has 0 atom stereocenters. The number of fused-ring (bicyclic) bond motifs is 1. The summed E-state index contributed by atoms with van der Waals surface area (Å²) in [6, 6.07) is 12.6. The van der Waals surface area contributed by atoms with E-state index in [1.807, 2.05) is 23.6 Å². The Balaban J connectivity index is 1.42. The number of nitrogens with one attached hydrogen (secondary N) is 1. The molecular formula is C17H11N3O2S3. The highest BCUT2D eigenvalue weighted by Crippen LogP contribution is 2.22. The van der Waals surface area contributed by atoms with Gasteiger partial charge in [0.05, 0.1) is 28.0 Å². The molecule has 8 heteroatoms. The summed E-state index contributed by atoms with van der Waals surface area (Å²) in [5.74, 6) is -0.145. The predicted molar refractivity (Wildman–Crippen MR) is 101 cm³/mol. The van der Waals surface area contributed by atoms with Gasteiger partial charge < -0.3 is 5.32 Å². The number of carbonyl (C=O) groups is 2. The maximum absolute atomic E-state index is 12.3. The van der Waals surface area contributed by atoms with Crippen LogP contribution < -0.4 is 5.32 Å². The van der Waals surface area contributed by atoms with Gasteiger partial charge >= 0.3 is 0 Å². The van der Waals surface area contributed by atoms with Crippen molar-refractivity contribution in [2.24, 2.45) is 0 Å². The van der Waals surface area contributed by atoms with Gasteiger partial charge in [-0.2, -0.15) is 8.75 Å². The van der Waals surface area contributed by atoms with Gasteiger partial charge in [-0.3, -0.25) is 9.59 Å². The molecular weight excluding hydrogens is 374 g/mol. The monoisotopic (exact) mass is 385 g/mol. The van der Waals surface area contributed by atoms with Crippen molar-refractivity contribution in [1.82, 2.24) is 14.1 Å². The number of hydrogen-bond acceptors (Lipinski definition) is 7. The number of aromatic nitrogens is 2. The van der Waals surface area contributed by atoms with Crippen LogP contribution in [0, 0.1) is 0 Å². The van der Waals surface area contributed by atoms with E-state index in [1.165, 1.54) is 22.7 Å². The van der Waals surface area contributed by atoms with Crippen molar-refractivity contribution in [1.29, 1.82) is 0 Å². The molecule has 4 rings (SSSR count). The molecule has 0 aliphatic carbocycles. The molecule has 3 aromatic heterocycles. The molecule has 0 fully saturated rings. The van der Waals surface area contributed by atoms with Gasteiger partial charge in [-0.15, -0.1) is 22.7 Å². The smallest absolute Gasteiger partial charge is 0.251 e. The molecule has 1 amide bonds. The van der Waals surface area contributed by atoms with Gasteiger partial charge in [-0.1, -0.05) is 6.07 Å². The summed E-state index contributed by atoms with van der Waals surface area (Å²) in [6.07, 6.45) is 0. The topological polar surface area (TPSA) is 72.0 Å². The van der Waals surface area contributed by atoms with Gasteiger partial charge in [0.25, 0.3) is 5.91 Å². The lowest BCUT2D eigenvalue weighted by atomic mass is 10.2. The molecule has 0 radical (unpaired) electrons. The standard InChI is InChI=1S/C17H11N3O2S3/c21-16(14-2-1-7-23-14)15-6-4-11(24-15)9-18-17(22)10-3-5-12-13(8-10)20-25-19-12/h1-8H,9H2,(H,18,22). The van der Waals surface area contributed by atoms with Gasteiger partial charge in [0.1, 0.15) is 11.0 Å². The zero-order valence-corrected chi connectivity index (χ0v) is 15.2. The SMILES string of the molecule is O=C(NCc1ccc(C(=O)c2cccs2)s1)c1ccc2nsnc2c1. The molecule has 4 aromatic rings. The van der Waals surface area contributed by atoms with Crippen LogP contribution in [0.2, 0.25) is 0 Å². The molecule has 0 aliphatic heterocycles. The highest BCUT2D eigenvalue weighted by Gasteiger charge is 2.13. The maximum Gasteiger partial charge on any atom is 0.251 e. The van der Waals surface area contributed by atoms with Crippen molar-refractivity contribution in [3.63, 3.8) is 0 Å². The Morgan fingerprint density at radius 1 is 1.00 bits per heavy atom. The second-order valence-corrected chi connectivity index (χ2v) is 7.87. The third-order valence-electron chi connectivity index (χ3n) is 3.57. The van der Waals surface area contributed by atoms with Crippen LogP contribution in [0.4, 0.5) is 0 Å². The third kappa shape index (κ3) is 3.37. The van der Waals surface area contributed by atoms with Crippen LogP contribution in [0.25, 0.3) is 11.0 Å². The first kappa shape index (κ1) is 16.1. The van der Waals surface area contributed by atoms with Gasteiger partial charge in [0.15, 0.2) is 0 Å². The molecule has 1 aromatic carbocycles. The first-order valence-corrected chi connectivity index (χ1v) is 9.81. The minimum Gasteiger partial charge on any atom is -0.347 e. The van der Waals surface area contributed by atoms with Crippen LogP contribution in [0.1, 0.15) is 29.8 Å². The number of nitrogens with zero attached hydrogens (tertiary/aromatic N) is 2. The third-order valence-corrected chi connectivity index (χ3v) is 6.08. The van der Waals surface area contributed by atoms with E-state index in [4.69, 9.17) is 0 Å². The Kier molecular flexibility index (Phi) is 4.39. The summed E-state index contributed by atoms with van der Waals surface area (Å²) in [7, 11) is 0. The van der Waals surface area contributed by atoms with Crippen LogP contribution in [0.3, 0.4) is 0 Å². The fourth-order valence-electron chi connectivity index (χ4n) is 2.32. The van der Waals surface area contributed by atoms with Crippen molar-refractivity contribution in [3.05, 3.63) is 68.0 Å². The van der Waals surface area contributed by atoms with Gasteiger partial charge in [-0.05, 0) is 41.8 Å². The molecule has 0 spiro atoms. The quantitative estimate of drug-likeness (QED) is 0.528. The largest absolute Gasteiger partial charge is 0.347 e. The summed E-state index contributed by atoms with van der Waals surface area (Å²) in [5.41, 5.74) is 2.06. The van der Waals surface area contributed by atoms with Crippen LogP contribution >= 0.6 is 34.4 Å². The molecule has 0 aliphatic rings. The van der Waals surface area contributed by atoms with E-state index < -0.39 is 0 Å². The number of rotatable bonds is 5. The first-order valence-electron chi connectivity index (χ1n) is 7.38. The van der Waals surface area contributed by atoms with Crippen molar-refractivity contribution in [2.75, 3.05) is 0 Å². The number of carbonyl (C=O) groups excluding carboxylic acids is 2. The molecule has 0 saturated carbocycles. The predicted octanol–water partition coefficient (Wildman–Crippen LogP) is 3.98.